The van der Waals surface area contributed by atoms with Gasteiger partial charge in [0.2, 0.25) is 0 Å². The van der Waals surface area contributed by atoms with Crippen molar-refractivity contribution >= 4 is 0 Å². The normalized spacial score (nSPS) is 6.80. The summed E-state index contributed by atoms with van der Waals surface area (Å²) in [6, 6.07) is 0. The van der Waals surface area contributed by atoms with Gasteiger partial charge >= 0.3 is 42.5 Å². The van der Waals surface area contributed by atoms with Crippen LogP contribution in [0.25, 0.3) is 0 Å². The average molecular weight is 106 g/mol. The van der Waals surface area contributed by atoms with Crippen LogP contribution in [-0.2, 0) is 19.2 Å². The summed E-state index contributed by atoms with van der Waals surface area (Å²) in [5, 5.41) is 0. The first kappa shape index (κ1) is 5.71. The van der Waals surface area contributed by atoms with Gasteiger partial charge < -0.3 is 0 Å². The van der Waals surface area contributed by atoms with Crippen LogP contribution in [0.15, 0.2) is 0 Å². The Morgan fingerprint density at radius 1 is 1.20 bits per heavy atom. The van der Waals surface area contributed by atoms with Crippen LogP contribution < -0.4 is 0 Å². The van der Waals surface area contributed by atoms with Crippen molar-refractivity contribution in [2.24, 2.45) is 0 Å². The second kappa shape index (κ2) is 4.71. The summed E-state index contributed by atoms with van der Waals surface area (Å²) in [6.07, 6.45) is 0. The third kappa shape index (κ3) is 4.71. The van der Waals surface area contributed by atoms with Gasteiger partial charge in [0.05, 0.1) is 0 Å². The summed E-state index contributed by atoms with van der Waals surface area (Å²) in [5.74, 6) is 0. The molecule has 0 aromatic rings. The fourth-order valence-corrected chi connectivity index (χ4v) is 1.03. The fourth-order valence-electron chi connectivity index (χ4n) is 0.250. The SMILES string of the molecule is C[CH2][Ti+2][CH2]C. The number of rotatable bonds is 2. The van der Waals surface area contributed by atoms with Crippen molar-refractivity contribution in [3.63, 3.8) is 0 Å². The Bertz CT molecular complexity index is 11.1. The van der Waals surface area contributed by atoms with E-state index in [0.717, 1.165) is 0 Å². The van der Waals surface area contributed by atoms with Crippen molar-refractivity contribution in [2.45, 2.75) is 23.3 Å². The molecule has 0 aliphatic carbocycles. The Morgan fingerprint density at radius 3 is 1.60 bits per heavy atom. The van der Waals surface area contributed by atoms with Crippen LogP contribution in [0.4, 0.5) is 0 Å². The molecule has 0 atom stereocenters. The van der Waals surface area contributed by atoms with Gasteiger partial charge in [0.1, 0.15) is 0 Å². The summed E-state index contributed by atoms with van der Waals surface area (Å²) < 4.78 is 2.94. The van der Waals surface area contributed by atoms with Crippen molar-refractivity contribution < 1.29 is 19.2 Å². The van der Waals surface area contributed by atoms with E-state index in [0.29, 0.717) is 19.2 Å². The number of hydrogen-bond donors (Lipinski definition) is 0. The van der Waals surface area contributed by atoms with Crippen molar-refractivity contribution in [1.82, 2.24) is 0 Å². The zero-order valence-electron chi connectivity index (χ0n) is 3.91. The Balaban J connectivity index is 2.19. The summed E-state index contributed by atoms with van der Waals surface area (Å²) >= 11 is 0.528. The van der Waals surface area contributed by atoms with Crippen LogP contribution in [0.1, 0.15) is 13.8 Å². The minimum atomic E-state index is 0.528. The Labute approximate surface area is 42.9 Å². The van der Waals surface area contributed by atoms with Gasteiger partial charge in [0.25, 0.3) is 0 Å². The summed E-state index contributed by atoms with van der Waals surface area (Å²) in [6.45, 7) is 4.53. The molecule has 0 heterocycles. The molecule has 28 valence electrons. The summed E-state index contributed by atoms with van der Waals surface area (Å²) in [4.78, 5) is 0. The van der Waals surface area contributed by atoms with E-state index in [1.165, 1.54) is 9.45 Å². The van der Waals surface area contributed by atoms with Gasteiger partial charge in [0, 0.05) is 0 Å². The van der Waals surface area contributed by atoms with E-state index in [9.17, 15) is 0 Å². The molecular weight excluding hydrogens is 95.9 g/mol. The Morgan fingerprint density at radius 2 is 1.60 bits per heavy atom. The molecule has 0 rings (SSSR count). The molecule has 0 N–H and O–H groups in total. The molecule has 0 nitrogen and oxygen atoms in total. The monoisotopic (exact) mass is 106 g/mol. The van der Waals surface area contributed by atoms with Crippen LogP contribution in [0, 0.1) is 0 Å². The Hall–Kier alpha value is 0.714. The van der Waals surface area contributed by atoms with Crippen molar-refractivity contribution in [3.05, 3.63) is 0 Å². The van der Waals surface area contributed by atoms with Gasteiger partial charge in [-0.25, -0.2) is 0 Å². The molecule has 0 saturated carbocycles. The molecule has 0 aliphatic rings. The molecule has 0 spiro atoms. The standard InChI is InChI=1S/2C2H5.Ti/c2*1-2;/h2*1H2,2H3;/q;;+2. The van der Waals surface area contributed by atoms with Crippen LogP contribution in [0.5, 0.6) is 0 Å². The summed E-state index contributed by atoms with van der Waals surface area (Å²) in [5.41, 5.74) is 0. The molecule has 0 aromatic heterocycles. The predicted molar refractivity (Wildman–Crippen MR) is 21.0 cm³/mol. The molecule has 0 fully saturated rings. The minimum absolute atomic E-state index is 0.528. The van der Waals surface area contributed by atoms with Gasteiger partial charge in [0.15, 0.2) is 0 Å². The molecular formula is C4H10Ti+2. The molecule has 0 radical (unpaired) electrons. The topological polar surface area (TPSA) is 0 Å². The molecule has 1 heteroatoms. The van der Waals surface area contributed by atoms with E-state index in [2.05, 4.69) is 13.8 Å². The van der Waals surface area contributed by atoms with Crippen molar-refractivity contribution in [2.75, 3.05) is 0 Å². The van der Waals surface area contributed by atoms with Crippen LogP contribution in [0.2, 0.25) is 9.45 Å². The van der Waals surface area contributed by atoms with Gasteiger partial charge in [-0.1, -0.05) is 0 Å². The van der Waals surface area contributed by atoms with Gasteiger partial charge in [-0.15, -0.1) is 0 Å². The van der Waals surface area contributed by atoms with E-state index < -0.39 is 0 Å². The quantitative estimate of drug-likeness (QED) is 0.472. The third-order valence-corrected chi connectivity index (χ3v) is 2.06. The molecule has 0 aromatic carbocycles. The first-order valence-electron chi connectivity index (χ1n) is 2.12. The summed E-state index contributed by atoms with van der Waals surface area (Å²) in [7, 11) is 0. The number of hydrogen-bond acceptors (Lipinski definition) is 0. The van der Waals surface area contributed by atoms with Crippen LogP contribution in [-0.4, -0.2) is 0 Å². The maximum absolute atomic E-state index is 2.27. The predicted octanol–water partition coefficient (Wildman–Crippen LogP) is 1.95. The van der Waals surface area contributed by atoms with Gasteiger partial charge in [-0.2, -0.15) is 0 Å². The first-order valence-corrected chi connectivity index (χ1v) is 4.33. The molecule has 0 amide bonds. The first-order chi connectivity index (χ1) is 2.41. The van der Waals surface area contributed by atoms with Crippen molar-refractivity contribution in [1.29, 1.82) is 0 Å². The van der Waals surface area contributed by atoms with E-state index in [4.69, 9.17) is 0 Å². The second-order valence-electron chi connectivity index (χ2n) is 0.957. The van der Waals surface area contributed by atoms with Crippen molar-refractivity contribution in [3.8, 4) is 0 Å². The fraction of sp³-hybridized carbons (Fsp3) is 1.00. The molecule has 5 heavy (non-hydrogen) atoms. The average Bonchev–Trinajstić information content (AvgIpc) is 1.41. The maximum atomic E-state index is 2.27. The van der Waals surface area contributed by atoms with Gasteiger partial charge in [-0.3, -0.25) is 0 Å². The van der Waals surface area contributed by atoms with Crippen LogP contribution >= 0.6 is 0 Å². The van der Waals surface area contributed by atoms with Gasteiger partial charge in [-0.05, 0) is 0 Å². The molecule has 0 bridgehead atoms. The molecule has 0 saturated heterocycles. The molecule has 0 unspecified atom stereocenters. The van der Waals surface area contributed by atoms with E-state index in [-0.39, 0.29) is 0 Å². The molecule has 0 aliphatic heterocycles. The van der Waals surface area contributed by atoms with E-state index >= 15 is 0 Å². The second-order valence-corrected chi connectivity index (χ2v) is 3.95. The zero-order chi connectivity index (χ0) is 4.12. The van der Waals surface area contributed by atoms with Crippen LogP contribution in [0.3, 0.4) is 0 Å². The third-order valence-electron chi connectivity index (χ3n) is 0.500. The zero-order valence-corrected chi connectivity index (χ0v) is 5.48. The van der Waals surface area contributed by atoms with E-state index in [1.54, 1.807) is 0 Å². The Kier molecular flexibility index (Phi) is 5.39. The van der Waals surface area contributed by atoms with E-state index in [1.807, 2.05) is 0 Å².